The van der Waals surface area contributed by atoms with Gasteiger partial charge in [0.1, 0.15) is 11.9 Å². The first-order valence-corrected chi connectivity index (χ1v) is 13.0. The molecule has 1 aromatic rings. The molecule has 1 amide bonds. The molecule has 206 valence electrons. The molecule has 7 nitrogen and oxygen atoms in total. The fourth-order valence-corrected chi connectivity index (χ4v) is 4.38. The normalized spacial score (nSPS) is 13.8. The fraction of sp³-hybridized carbons (Fsp3) is 0.500. The summed E-state index contributed by atoms with van der Waals surface area (Å²) in [5, 5.41) is 10.9. The molecule has 0 heterocycles. The van der Waals surface area contributed by atoms with Gasteiger partial charge in [-0.3, -0.25) is 19.5 Å². The van der Waals surface area contributed by atoms with Crippen molar-refractivity contribution in [3.63, 3.8) is 0 Å². The standard InChI is InChI=1S/C27H39Cl2N3O2.CH2O2/c1-8-11-30-26(34)20(4)15-19(3)22(9-2)10-12-32(13-14-33)27(6,7)31-21(5)23-16-24(28)18-25(29)17-23;2-1-3/h9,14-19,22H,2,8,10-13H2,1,3-7H3,(H,30,34);1H,(H,2,3)/b20-15+,31-21+;. The van der Waals surface area contributed by atoms with Crippen molar-refractivity contribution in [1.29, 1.82) is 0 Å². The predicted octanol–water partition coefficient (Wildman–Crippen LogP) is 6.04. The number of carbonyl (C=O) groups excluding carboxylic acids is 2. The maximum Gasteiger partial charge on any atom is 0.290 e. The minimum absolute atomic E-state index is 0.0360. The first-order valence-electron chi connectivity index (χ1n) is 12.2. The first kappa shape index (κ1) is 34.5. The highest BCUT2D eigenvalue weighted by molar-refractivity contribution is 6.35. The zero-order chi connectivity index (χ0) is 28.6. The van der Waals surface area contributed by atoms with Crippen molar-refractivity contribution in [3.05, 3.63) is 58.1 Å². The molecule has 0 bridgehead atoms. The molecule has 1 rings (SSSR count). The van der Waals surface area contributed by atoms with E-state index in [1.807, 2.05) is 63.8 Å². The lowest BCUT2D eigenvalue weighted by Gasteiger charge is -2.36. The SMILES string of the molecule is C=CC(CCN(CC=O)C(C)(C)/N=C(\C)c1cc(Cl)cc(Cl)c1)C(C)/C=C(\C)C(=O)NCCC.O=CO. The lowest BCUT2D eigenvalue weighted by molar-refractivity contribution is -0.123. The Labute approximate surface area is 231 Å². The van der Waals surface area contributed by atoms with Gasteiger partial charge in [0, 0.05) is 34.4 Å². The van der Waals surface area contributed by atoms with Gasteiger partial charge in [-0.1, -0.05) is 49.2 Å². The van der Waals surface area contributed by atoms with Crippen molar-refractivity contribution >= 4 is 47.6 Å². The van der Waals surface area contributed by atoms with Gasteiger partial charge in [0.05, 0.1) is 6.54 Å². The number of rotatable bonds is 14. The largest absolute Gasteiger partial charge is 0.483 e. The molecule has 2 atom stereocenters. The Balaban J connectivity index is 0.00000410. The molecule has 1 aromatic carbocycles. The second-order valence-corrected chi connectivity index (χ2v) is 10.1. The van der Waals surface area contributed by atoms with Gasteiger partial charge in [-0.05, 0) is 76.1 Å². The average Bonchev–Trinajstić information content (AvgIpc) is 2.81. The van der Waals surface area contributed by atoms with Crippen molar-refractivity contribution in [2.75, 3.05) is 19.6 Å². The highest BCUT2D eigenvalue weighted by Gasteiger charge is 2.27. The van der Waals surface area contributed by atoms with E-state index in [0.717, 1.165) is 30.4 Å². The third-order valence-corrected chi connectivity index (χ3v) is 6.34. The van der Waals surface area contributed by atoms with Crippen LogP contribution >= 0.6 is 23.2 Å². The van der Waals surface area contributed by atoms with E-state index in [0.29, 0.717) is 28.7 Å². The van der Waals surface area contributed by atoms with Gasteiger partial charge in [-0.2, -0.15) is 0 Å². The molecule has 0 spiro atoms. The number of carboxylic acid groups (broad SMARTS) is 1. The number of halogens is 2. The Kier molecular flexibility index (Phi) is 16.7. The van der Waals surface area contributed by atoms with Crippen LogP contribution in [0, 0.1) is 11.8 Å². The van der Waals surface area contributed by atoms with Gasteiger partial charge in [0.15, 0.2) is 0 Å². The van der Waals surface area contributed by atoms with Gasteiger partial charge < -0.3 is 15.2 Å². The summed E-state index contributed by atoms with van der Waals surface area (Å²) in [6.07, 6.45) is 6.50. The maximum atomic E-state index is 12.2. The van der Waals surface area contributed by atoms with Crippen LogP contribution in [0.3, 0.4) is 0 Å². The number of aldehydes is 1. The summed E-state index contributed by atoms with van der Waals surface area (Å²) < 4.78 is 0. The van der Waals surface area contributed by atoms with Crippen molar-refractivity contribution in [3.8, 4) is 0 Å². The quantitative estimate of drug-likeness (QED) is 0.126. The fourth-order valence-electron chi connectivity index (χ4n) is 3.86. The van der Waals surface area contributed by atoms with E-state index in [-0.39, 0.29) is 30.8 Å². The Morgan fingerprint density at radius 3 is 2.27 bits per heavy atom. The number of allylic oxidation sites excluding steroid dienone is 2. The average molecular weight is 555 g/mol. The van der Waals surface area contributed by atoms with Crippen LogP contribution < -0.4 is 5.32 Å². The van der Waals surface area contributed by atoms with Crippen molar-refractivity contribution in [1.82, 2.24) is 10.2 Å². The van der Waals surface area contributed by atoms with Gasteiger partial charge in [-0.25, -0.2) is 0 Å². The van der Waals surface area contributed by atoms with Crippen LogP contribution in [0.2, 0.25) is 10.0 Å². The number of hydrogen-bond donors (Lipinski definition) is 2. The number of amides is 1. The molecule has 0 radical (unpaired) electrons. The molecule has 0 saturated heterocycles. The topological polar surface area (TPSA) is 99.1 Å². The zero-order valence-corrected chi connectivity index (χ0v) is 24.3. The summed E-state index contributed by atoms with van der Waals surface area (Å²) in [7, 11) is 0. The smallest absolute Gasteiger partial charge is 0.290 e. The molecule has 2 unspecified atom stereocenters. The summed E-state index contributed by atoms with van der Waals surface area (Å²) in [6, 6.07) is 5.34. The van der Waals surface area contributed by atoms with Gasteiger partial charge in [-0.15, -0.1) is 6.58 Å². The molecule has 0 aromatic heterocycles. The summed E-state index contributed by atoms with van der Waals surface area (Å²) in [6.45, 7) is 17.2. The molecule has 2 N–H and O–H groups in total. The number of nitrogens with one attached hydrogen (secondary N) is 1. The molecule has 0 aliphatic carbocycles. The Bertz CT molecular complexity index is 940. The Morgan fingerprint density at radius 1 is 1.22 bits per heavy atom. The predicted molar refractivity (Wildman–Crippen MR) is 154 cm³/mol. The molecule has 37 heavy (non-hydrogen) atoms. The maximum absolute atomic E-state index is 12.2. The third-order valence-electron chi connectivity index (χ3n) is 5.91. The number of nitrogens with zero attached hydrogens (tertiary/aromatic N) is 2. The molecule has 9 heteroatoms. The number of hydrogen-bond acceptors (Lipinski definition) is 5. The van der Waals surface area contributed by atoms with E-state index in [9.17, 15) is 9.59 Å². The molecular formula is C28H41Cl2N3O4. The van der Waals surface area contributed by atoms with Crippen LogP contribution in [-0.2, 0) is 14.4 Å². The highest BCUT2D eigenvalue weighted by Crippen LogP contribution is 2.25. The molecule has 0 fully saturated rings. The Hall–Kier alpha value is -2.48. The second-order valence-electron chi connectivity index (χ2n) is 9.22. The second kappa shape index (κ2) is 17.9. The molecule has 0 aliphatic heterocycles. The van der Waals surface area contributed by atoms with Crippen LogP contribution in [0.5, 0.6) is 0 Å². The van der Waals surface area contributed by atoms with E-state index in [1.54, 1.807) is 6.07 Å². The van der Waals surface area contributed by atoms with Crippen LogP contribution in [0.15, 0.2) is 47.5 Å². The number of carbonyl (C=O) groups is 3. The highest BCUT2D eigenvalue weighted by atomic mass is 35.5. The van der Waals surface area contributed by atoms with Gasteiger partial charge >= 0.3 is 0 Å². The summed E-state index contributed by atoms with van der Waals surface area (Å²) >= 11 is 12.3. The zero-order valence-electron chi connectivity index (χ0n) is 22.8. The third kappa shape index (κ3) is 13.0. The van der Waals surface area contributed by atoms with Crippen LogP contribution in [0.25, 0.3) is 0 Å². The van der Waals surface area contributed by atoms with Gasteiger partial charge in [0.2, 0.25) is 5.91 Å². The monoisotopic (exact) mass is 553 g/mol. The minimum atomic E-state index is -0.624. The summed E-state index contributed by atoms with van der Waals surface area (Å²) in [5.41, 5.74) is 1.71. The van der Waals surface area contributed by atoms with E-state index in [2.05, 4.69) is 18.8 Å². The van der Waals surface area contributed by atoms with Crippen molar-refractivity contribution in [2.45, 2.75) is 60.0 Å². The van der Waals surface area contributed by atoms with Crippen molar-refractivity contribution < 1.29 is 19.5 Å². The van der Waals surface area contributed by atoms with E-state index in [1.165, 1.54) is 0 Å². The van der Waals surface area contributed by atoms with Crippen molar-refractivity contribution in [2.24, 2.45) is 16.8 Å². The summed E-state index contributed by atoms with van der Waals surface area (Å²) in [5.74, 6) is 0.242. The van der Waals surface area contributed by atoms with Crippen LogP contribution in [0.4, 0.5) is 0 Å². The van der Waals surface area contributed by atoms with E-state index >= 15 is 0 Å². The van der Waals surface area contributed by atoms with E-state index in [4.69, 9.17) is 38.1 Å². The van der Waals surface area contributed by atoms with Gasteiger partial charge in [0.25, 0.3) is 6.47 Å². The lowest BCUT2D eigenvalue weighted by Crippen LogP contribution is -2.45. The number of aliphatic imine (C=N–C) groups is 1. The van der Waals surface area contributed by atoms with Crippen LogP contribution in [0.1, 0.15) is 59.9 Å². The van der Waals surface area contributed by atoms with Crippen LogP contribution in [-0.4, -0.2) is 59.7 Å². The van der Waals surface area contributed by atoms with E-state index < -0.39 is 5.66 Å². The lowest BCUT2D eigenvalue weighted by atomic mass is 9.89. The first-order chi connectivity index (χ1) is 17.4. The Morgan fingerprint density at radius 2 is 1.78 bits per heavy atom. The number of benzene rings is 1. The molecule has 0 aliphatic rings. The molecular weight excluding hydrogens is 513 g/mol. The summed E-state index contributed by atoms with van der Waals surface area (Å²) in [4.78, 5) is 39.0. The minimum Gasteiger partial charge on any atom is -0.483 e. The molecule has 0 saturated carbocycles.